The first-order valence-electron chi connectivity index (χ1n) is 6.70. The number of rotatable bonds is 3. The highest BCUT2D eigenvalue weighted by molar-refractivity contribution is 6.04. The van der Waals surface area contributed by atoms with E-state index in [4.69, 9.17) is 4.52 Å². The zero-order valence-corrected chi connectivity index (χ0v) is 12.0. The van der Waals surface area contributed by atoms with E-state index in [1.165, 1.54) is 6.07 Å². The van der Waals surface area contributed by atoms with Crippen molar-refractivity contribution in [2.45, 2.75) is 6.92 Å². The molecule has 23 heavy (non-hydrogen) atoms. The number of hydrogen-bond donors (Lipinski definition) is 1. The molecule has 0 saturated carbocycles. The Morgan fingerprint density at radius 1 is 1.09 bits per heavy atom. The van der Waals surface area contributed by atoms with Gasteiger partial charge in [-0.3, -0.25) is 4.79 Å². The summed E-state index contributed by atoms with van der Waals surface area (Å²) in [6.07, 6.45) is 0. The zero-order chi connectivity index (χ0) is 16.4. The molecule has 0 spiro atoms. The van der Waals surface area contributed by atoms with Gasteiger partial charge in [-0.1, -0.05) is 5.16 Å². The molecule has 0 saturated heterocycles. The summed E-state index contributed by atoms with van der Waals surface area (Å²) in [6, 6.07) is 9.66. The number of nitrogens with zero attached hydrogens (tertiary/aromatic N) is 2. The number of carbonyl (C=O) groups excluding carboxylic acids is 1. The van der Waals surface area contributed by atoms with Crippen LogP contribution in [0.5, 0.6) is 0 Å². The van der Waals surface area contributed by atoms with Crippen LogP contribution in [0.25, 0.3) is 11.5 Å². The normalized spacial score (nSPS) is 10.6. The average molecular weight is 315 g/mol. The van der Waals surface area contributed by atoms with Crippen molar-refractivity contribution in [3.63, 3.8) is 0 Å². The van der Waals surface area contributed by atoms with Gasteiger partial charge in [-0.25, -0.2) is 8.78 Å². The molecule has 0 aliphatic rings. The number of carbonyl (C=O) groups is 1. The predicted octanol–water partition coefficient (Wildman–Crippen LogP) is 3.58. The second kappa shape index (κ2) is 5.96. The maximum Gasteiger partial charge on any atom is 0.257 e. The second-order valence-electron chi connectivity index (χ2n) is 4.81. The van der Waals surface area contributed by atoms with Gasteiger partial charge in [0.25, 0.3) is 11.8 Å². The maximum atomic E-state index is 13.1. The van der Waals surface area contributed by atoms with Crippen LogP contribution in [0.4, 0.5) is 14.5 Å². The van der Waals surface area contributed by atoms with Crippen molar-refractivity contribution in [2.24, 2.45) is 0 Å². The van der Waals surface area contributed by atoms with Crippen LogP contribution < -0.4 is 5.32 Å². The van der Waals surface area contributed by atoms with Crippen LogP contribution >= 0.6 is 0 Å². The summed E-state index contributed by atoms with van der Waals surface area (Å²) >= 11 is 0. The molecule has 7 heteroatoms. The van der Waals surface area contributed by atoms with Gasteiger partial charge in [-0.15, -0.1) is 0 Å². The molecule has 0 fully saturated rings. The first-order chi connectivity index (χ1) is 11.0. The molecule has 0 bridgehead atoms. The minimum Gasteiger partial charge on any atom is -0.334 e. The van der Waals surface area contributed by atoms with Gasteiger partial charge < -0.3 is 9.84 Å². The minimum absolute atomic E-state index is 0.0282. The van der Waals surface area contributed by atoms with Gasteiger partial charge in [0.05, 0.1) is 0 Å². The molecule has 1 amide bonds. The maximum absolute atomic E-state index is 13.1. The molecule has 2 aromatic carbocycles. The van der Waals surface area contributed by atoms with Crippen LogP contribution in [0.1, 0.15) is 16.2 Å². The van der Waals surface area contributed by atoms with E-state index in [2.05, 4.69) is 15.5 Å². The van der Waals surface area contributed by atoms with E-state index in [1.54, 1.807) is 31.2 Å². The fourth-order valence-electron chi connectivity index (χ4n) is 1.95. The summed E-state index contributed by atoms with van der Waals surface area (Å²) in [6.45, 7) is 1.71. The van der Waals surface area contributed by atoms with E-state index in [0.717, 1.165) is 12.1 Å². The molecule has 0 unspecified atom stereocenters. The molecule has 0 atom stereocenters. The van der Waals surface area contributed by atoms with Crippen molar-refractivity contribution in [3.8, 4) is 11.5 Å². The Morgan fingerprint density at radius 2 is 1.83 bits per heavy atom. The van der Waals surface area contributed by atoms with E-state index < -0.39 is 17.5 Å². The number of hydrogen-bond acceptors (Lipinski definition) is 4. The summed E-state index contributed by atoms with van der Waals surface area (Å²) in [7, 11) is 0. The summed E-state index contributed by atoms with van der Waals surface area (Å²) in [4.78, 5) is 16.1. The zero-order valence-electron chi connectivity index (χ0n) is 12.0. The lowest BCUT2D eigenvalue weighted by atomic mass is 10.1. The van der Waals surface area contributed by atoms with Crippen molar-refractivity contribution in [2.75, 3.05) is 5.32 Å². The number of benzene rings is 2. The van der Waals surface area contributed by atoms with Crippen molar-refractivity contribution in [3.05, 3.63) is 65.5 Å². The molecular weight excluding hydrogens is 304 g/mol. The monoisotopic (exact) mass is 315 g/mol. The van der Waals surface area contributed by atoms with Gasteiger partial charge in [0, 0.05) is 16.8 Å². The standard InChI is InChI=1S/C16H11F2N3O2/c1-9-19-16(23-21-9)10-2-5-12(6-3-10)20-15(22)11-4-7-13(17)14(18)8-11/h2-8H,1H3,(H,20,22). The minimum atomic E-state index is -1.07. The van der Waals surface area contributed by atoms with Crippen molar-refractivity contribution >= 4 is 11.6 Å². The second-order valence-corrected chi connectivity index (χ2v) is 4.81. The third-order valence-electron chi connectivity index (χ3n) is 3.10. The van der Waals surface area contributed by atoms with E-state index >= 15 is 0 Å². The van der Waals surface area contributed by atoms with Crippen molar-refractivity contribution in [1.82, 2.24) is 10.1 Å². The van der Waals surface area contributed by atoms with E-state index in [-0.39, 0.29) is 5.56 Å². The SMILES string of the molecule is Cc1noc(-c2ccc(NC(=O)c3ccc(F)c(F)c3)cc2)n1. The van der Waals surface area contributed by atoms with Crippen LogP contribution in [-0.4, -0.2) is 16.0 Å². The molecule has 1 N–H and O–H groups in total. The Morgan fingerprint density at radius 3 is 2.43 bits per heavy atom. The molecule has 3 aromatic rings. The first-order valence-corrected chi connectivity index (χ1v) is 6.70. The van der Waals surface area contributed by atoms with E-state index in [0.29, 0.717) is 23.0 Å². The Balaban J connectivity index is 1.75. The summed E-state index contributed by atoms with van der Waals surface area (Å²) < 4.78 is 31.1. The number of aryl methyl sites for hydroxylation is 1. The number of amides is 1. The summed E-state index contributed by atoms with van der Waals surface area (Å²) in [5, 5.41) is 6.29. The Kier molecular flexibility index (Phi) is 3.84. The average Bonchev–Trinajstić information content (AvgIpc) is 2.97. The fourth-order valence-corrected chi connectivity index (χ4v) is 1.95. The number of anilines is 1. The van der Waals surface area contributed by atoms with Crippen molar-refractivity contribution in [1.29, 1.82) is 0 Å². The lowest BCUT2D eigenvalue weighted by Gasteiger charge is -2.06. The van der Waals surface area contributed by atoms with Gasteiger partial charge in [-0.2, -0.15) is 4.98 Å². The quantitative estimate of drug-likeness (QED) is 0.802. The van der Waals surface area contributed by atoms with Crippen LogP contribution in [0.2, 0.25) is 0 Å². The Labute approximate surface area is 130 Å². The largest absolute Gasteiger partial charge is 0.334 e. The lowest BCUT2D eigenvalue weighted by Crippen LogP contribution is -2.12. The van der Waals surface area contributed by atoms with Gasteiger partial charge >= 0.3 is 0 Å². The molecule has 1 heterocycles. The summed E-state index contributed by atoms with van der Waals surface area (Å²) in [5.74, 6) is -1.71. The predicted molar refractivity (Wildman–Crippen MR) is 78.8 cm³/mol. The van der Waals surface area contributed by atoms with Gasteiger partial charge in [0.1, 0.15) is 0 Å². The molecule has 3 rings (SSSR count). The molecule has 0 aliphatic heterocycles. The van der Waals surface area contributed by atoms with E-state index in [9.17, 15) is 13.6 Å². The van der Waals surface area contributed by atoms with Crippen LogP contribution in [0, 0.1) is 18.6 Å². The van der Waals surface area contributed by atoms with Gasteiger partial charge in [0.2, 0.25) is 0 Å². The molecule has 116 valence electrons. The topological polar surface area (TPSA) is 68.0 Å². The third kappa shape index (κ3) is 3.23. The third-order valence-corrected chi connectivity index (χ3v) is 3.10. The van der Waals surface area contributed by atoms with Crippen LogP contribution in [0.15, 0.2) is 47.0 Å². The van der Waals surface area contributed by atoms with Gasteiger partial charge in [-0.05, 0) is 49.4 Å². The van der Waals surface area contributed by atoms with Gasteiger partial charge in [0.15, 0.2) is 17.5 Å². The highest BCUT2D eigenvalue weighted by Crippen LogP contribution is 2.20. The van der Waals surface area contributed by atoms with Crippen LogP contribution in [-0.2, 0) is 0 Å². The Bertz CT molecular complexity index is 860. The van der Waals surface area contributed by atoms with Crippen LogP contribution in [0.3, 0.4) is 0 Å². The summed E-state index contributed by atoms with van der Waals surface area (Å²) in [5.41, 5.74) is 1.23. The molecule has 1 aromatic heterocycles. The molecular formula is C16H11F2N3O2. The smallest absolute Gasteiger partial charge is 0.257 e. The van der Waals surface area contributed by atoms with Crippen molar-refractivity contribution < 1.29 is 18.1 Å². The highest BCUT2D eigenvalue weighted by Gasteiger charge is 2.11. The van der Waals surface area contributed by atoms with E-state index in [1.807, 2.05) is 0 Å². The molecule has 0 aliphatic carbocycles. The lowest BCUT2D eigenvalue weighted by molar-refractivity contribution is 0.102. The molecule has 0 radical (unpaired) electrons. The first kappa shape index (κ1) is 14.8. The Hall–Kier alpha value is -3.09. The fraction of sp³-hybridized carbons (Fsp3) is 0.0625. The highest BCUT2D eigenvalue weighted by atomic mass is 19.2. The number of aromatic nitrogens is 2. The number of nitrogens with one attached hydrogen (secondary N) is 1. The number of halogens is 2. The molecule has 5 nitrogen and oxygen atoms in total.